The van der Waals surface area contributed by atoms with Gasteiger partial charge in [0.1, 0.15) is 0 Å². The molecule has 8 rings (SSSR count). The molecule has 3 heterocycles. The van der Waals surface area contributed by atoms with E-state index in [1.807, 2.05) is 0 Å². The Morgan fingerprint density at radius 2 is 1.08 bits per heavy atom. The Morgan fingerprint density at radius 1 is 0.604 bits per heavy atom. The number of hydrogen-bond acceptors (Lipinski definition) is 2. The molecule has 1 spiro atoms. The molecule has 4 nitrogen and oxygen atoms in total. The van der Waals surface area contributed by atoms with Gasteiger partial charge in [-0.1, -0.05) is 25.8 Å². The molecule has 0 aromatic heterocycles. The zero-order chi connectivity index (χ0) is 36.6. The molecule has 0 amide bonds. The molecule has 5 aromatic carbocycles. The first kappa shape index (κ1) is 35.6. The third kappa shape index (κ3) is 6.48. The van der Waals surface area contributed by atoms with Crippen LogP contribution in [0.5, 0.6) is 11.5 Å². The monoisotopic (exact) mass is 765 g/mol. The van der Waals surface area contributed by atoms with Crippen molar-refractivity contribution in [3.8, 4) is 11.5 Å². The van der Waals surface area contributed by atoms with Crippen molar-refractivity contribution in [1.29, 1.82) is 0 Å². The third-order valence-electron chi connectivity index (χ3n) is 11.5. The fraction of sp³-hybridized carbons (Fsp3) is 0.333. The Labute approximate surface area is 319 Å². The van der Waals surface area contributed by atoms with E-state index in [9.17, 15) is 0 Å². The second-order valence-corrected chi connectivity index (χ2v) is 23.5. The summed E-state index contributed by atoms with van der Waals surface area (Å²) in [7, 11) is 0. The summed E-state index contributed by atoms with van der Waals surface area (Å²) in [5, 5.41) is 1.20. The van der Waals surface area contributed by atoms with Gasteiger partial charge in [0.05, 0.1) is 5.56 Å². The normalized spacial score (nSPS) is 18.1. The standard InChI is InChI=1S/C48H54AsN2O2/c1-6-7-11-20-38-30-37(3)46-41(32-38)34-51-47(4,5)35-50-33-40-31-39(29-36(2)45(40)52-48(50,51)53-46)21-18-19-28-49(42-22-12-8-13-23-42,43-24-14-9-15-25-43)44-26-16-10-17-27-44/h8-10,12-17,22-27,29-34H,6-7,11,18-21,28,35H2,1-5H3/q+3. The number of fused-ring (bicyclic) bond motifs is 2. The van der Waals surface area contributed by atoms with Crippen LogP contribution >= 0.6 is 0 Å². The summed E-state index contributed by atoms with van der Waals surface area (Å²) >= 11 is -2.72. The van der Waals surface area contributed by atoms with Crippen LogP contribution in [0.2, 0.25) is 5.21 Å². The van der Waals surface area contributed by atoms with Gasteiger partial charge in [0.25, 0.3) is 0 Å². The van der Waals surface area contributed by atoms with Crippen LogP contribution < -0.4 is 22.5 Å². The molecule has 1 saturated heterocycles. The van der Waals surface area contributed by atoms with Gasteiger partial charge in [0, 0.05) is 0 Å². The van der Waals surface area contributed by atoms with Gasteiger partial charge in [-0.25, -0.2) is 0 Å². The summed E-state index contributed by atoms with van der Waals surface area (Å²) in [5.41, 5.74) is 7.20. The van der Waals surface area contributed by atoms with Gasteiger partial charge in [-0.15, -0.1) is 0 Å². The van der Waals surface area contributed by atoms with Gasteiger partial charge in [-0.2, -0.15) is 0 Å². The SMILES string of the molecule is CCCCCc1cc(C)c2c(c1)C=[N+]1C(C)(C)C[N+]3=Cc4cc(CCCC[As+](c5ccccc5)(c5ccccc5)c5ccccc5)cc(C)c4OC31O2. The molecule has 0 bridgehead atoms. The fourth-order valence-corrected chi connectivity index (χ4v) is 18.2. The summed E-state index contributed by atoms with van der Waals surface area (Å²) in [5.74, 6) is 1.85. The number of nitrogens with zero attached hydrogens (tertiary/aromatic N) is 2. The van der Waals surface area contributed by atoms with Crippen molar-refractivity contribution >= 4 is 39.0 Å². The Bertz CT molecular complexity index is 2080. The van der Waals surface area contributed by atoms with Gasteiger partial charge in [-0.05, 0) is 37.0 Å². The average molecular weight is 766 g/mol. The molecule has 1 fully saturated rings. The van der Waals surface area contributed by atoms with Crippen LogP contribution in [0.25, 0.3) is 0 Å². The topological polar surface area (TPSA) is 24.5 Å². The first-order valence-corrected chi connectivity index (χ1v) is 23.8. The molecular formula is C48H54AsN2O2+3. The van der Waals surface area contributed by atoms with Crippen LogP contribution in [0.15, 0.2) is 115 Å². The van der Waals surface area contributed by atoms with Gasteiger partial charge in [0.2, 0.25) is 0 Å². The van der Waals surface area contributed by atoms with Gasteiger partial charge >= 0.3 is 252 Å². The minimum absolute atomic E-state index is 0.188. The average Bonchev–Trinajstić information content (AvgIpc) is 3.39. The number of unbranched alkanes of at least 4 members (excludes halogenated alkanes) is 3. The molecule has 270 valence electrons. The number of rotatable bonds is 12. The van der Waals surface area contributed by atoms with Crippen LogP contribution in [0, 0.1) is 13.8 Å². The number of benzene rings is 5. The summed E-state index contributed by atoms with van der Waals surface area (Å²) in [6.07, 6.45) is 12.7. The molecule has 0 N–H and O–H groups in total. The summed E-state index contributed by atoms with van der Waals surface area (Å²) in [4.78, 5) is 0. The predicted molar refractivity (Wildman–Crippen MR) is 221 cm³/mol. The molecule has 5 heteroatoms. The van der Waals surface area contributed by atoms with E-state index >= 15 is 0 Å². The number of hydrogen-bond donors (Lipinski definition) is 0. The van der Waals surface area contributed by atoms with E-state index in [2.05, 4.69) is 171 Å². The van der Waals surface area contributed by atoms with Gasteiger partial charge in [0.15, 0.2) is 0 Å². The van der Waals surface area contributed by atoms with Crippen molar-refractivity contribution in [3.05, 3.63) is 149 Å². The molecule has 0 saturated carbocycles. The van der Waals surface area contributed by atoms with E-state index in [0.717, 1.165) is 54.0 Å². The molecule has 0 radical (unpaired) electrons. The minimum atomic E-state index is -2.72. The van der Waals surface area contributed by atoms with E-state index in [-0.39, 0.29) is 5.54 Å². The maximum absolute atomic E-state index is 7.08. The van der Waals surface area contributed by atoms with Crippen LogP contribution in [0.4, 0.5) is 0 Å². The van der Waals surface area contributed by atoms with Gasteiger partial charge < -0.3 is 0 Å². The Hall–Kier alpha value is -4.40. The van der Waals surface area contributed by atoms with Crippen molar-refractivity contribution in [3.63, 3.8) is 0 Å². The van der Waals surface area contributed by atoms with Gasteiger partial charge in [-0.3, -0.25) is 0 Å². The second kappa shape index (κ2) is 14.4. The quantitative estimate of drug-likeness (QED) is 0.0726. The maximum atomic E-state index is 7.08. The molecule has 3 aliphatic rings. The van der Waals surface area contributed by atoms with Crippen LogP contribution in [0.3, 0.4) is 0 Å². The molecule has 5 aromatic rings. The van der Waals surface area contributed by atoms with Crippen molar-refractivity contribution in [2.45, 2.75) is 96.3 Å². The van der Waals surface area contributed by atoms with Crippen molar-refractivity contribution < 1.29 is 18.6 Å². The fourth-order valence-electron chi connectivity index (χ4n) is 8.96. The summed E-state index contributed by atoms with van der Waals surface area (Å²) in [6, 6.07) is 42.3. The zero-order valence-corrected chi connectivity index (χ0v) is 34.0. The van der Waals surface area contributed by atoms with Crippen LogP contribution in [-0.4, -0.2) is 53.2 Å². The summed E-state index contributed by atoms with van der Waals surface area (Å²) < 4.78 is 23.3. The summed E-state index contributed by atoms with van der Waals surface area (Å²) in [6.45, 7) is 12.0. The molecule has 0 aliphatic carbocycles. The Balaban J connectivity index is 1.05. The van der Waals surface area contributed by atoms with E-state index in [1.165, 1.54) is 60.6 Å². The molecule has 3 aliphatic heterocycles. The number of aryl methyl sites for hydroxylation is 4. The van der Waals surface area contributed by atoms with E-state index in [4.69, 9.17) is 9.47 Å². The molecule has 1 atom stereocenters. The van der Waals surface area contributed by atoms with Crippen molar-refractivity contribution in [2.75, 3.05) is 6.54 Å². The zero-order valence-electron chi connectivity index (χ0n) is 32.1. The molecular weight excluding hydrogens is 711 g/mol. The molecule has 53 heavy (non-hydrogen) atoms. The van der Waals surface area contributed by atoms with Crippen LogP contribution in [-0.2, 0) is 12.8 Å². The van der Waals surface area contributed by atoms with Crippen molar-refractivity contribution in [1.82, 2.24) is 0 Å². The Kier molecular flexibility index (Phi) is 9.71. The van der Waals surface area contributed by atoms with E-state index in [1.54, 1.807) is 0 Å². The van der Waals surface area contributed by atoms with Crippen LogP contribution in [0.1, 0.15) is 86.3 Å². The van der Waals surface area contributed by atoms with E-state index in [0.29, 0.717) is 0 Å². The second-order valence-electron chi connectivity index (χ2n) is 15.9. The number of ether oxygens (including phenoxy) is 2. The molecule has 1 unspecified atom stereocenters. The Morgan fingerprint density at radius 3 is 1.57 bits per heavy atom. The third-order valence-corrected chi connectivity index (χ3v) is 21.0. The first-order chi connectivity index (χ1) is 25.7. The van der Waals surface area contributed by atoms with Crippen molar-refractivity contribution in [2.24, 2.45) is 0 Å². The van der Waals surface area contributed by atoms with E-state index < -0.39 is 19.6 Å². The predicted octanol–water partition coefficient (Wildman–Crippen LogP) is 8.28. The first-order valence-electron chi connectivity index (χ1n) is 19.7.